The van der Waals surface area contributed by atoms with Crippen molar-refractivity contribution in [3.63, 3.8) is 0 Å². The number of ketones is 1. The summed E-state index contributed by atoms with van der Waals surface area (Å²) in [6.45, 7) is 0. The van der Waals surface area contributed by atoms with Crippen LogP contribution in [0.3, 0.4) is 0 Å². The van der Waals surface area contributed by atoms with E-state index in [2.05, 4.69) is 0 Å². The van der Waals surface area contributed by atoms with Crippen molar-refractivity contribution in [1.82, 2.24) is 0 Å². The van der Waals surface area contributed by atoms with E-state index in [9.17, 15) is 9.90 Å². The summed E-state index contributed by atoms with van der Waals surface area (Å²) in [7, 11) is 0. The maximum Gasteiger partial charge on any atom is 0.148 e. The second-order valence-corrected chi connectivity index (χ2v) is 8.93. The molecule has 3 unspecified atom stereocenters. The number of carbonyl (C=O) groups excluding carboxylic acids is 1. The number of aliphatic hydroxyl groups is 1. The van der Waals surface area contributed by atoms with Gasteiger partial charge in [0.15, 0.2) is 0 Å². The normalized spacial score (nSPS) is 25.8. The van der Waals surface area contributed by atoms with E-state index in [-0.39, 0.29) is 12.2 Å². The second kappa shape index (κ2) is 7.79. The van der Waals surface area contributed by atoms with Gasteiger partial charge in [0.2, 0.25) is 0 Å². The molecule has 1 fully saturated rings. The predicted octanol–water partition coefficient (Wildman–Crippen LogP) is 5.28. The first-order chi connectivity index (χ1) is 16.7. The summed E-state index contributed by atoms with van der Waals surface area (Å²) in [5, 5.41) is 19.7. The second-order valence-electron chi connectivity index (χ2n) is 8.93. The zero-order chi connectivity index (χ0) is 23.2. The first kappa shape index (κ1) is 20.6. The molecular formula is C30H24N2O2. The Balaban J connectivity index is 1.71. The molecule has 0 spiro atoms. The monoisotopic (exact) mass is 444 g/mol. The molecule has 4 heteroatoms. The first-order valence-corrected chi connectivity index (χ1v) is 11.5. The van der Waals surface area contributed by atoms with Gasteiger partial charge in [-0.25, -0.2) is 0 Å². The molecule has 2 aliphatic rings. The number of fused-ring (bicyclic) bond motifs is 1. The molecule has 1 aliphatic carbocycles. The van der Waals surface area contributed by atoms with Gasteiger partial charge in [-0.2, -0.15) is 5.10 Å². The van der Waals surface area contributed by atoms with Crippen LogP contribution in [0, 0.1) is 5.92 Å². The lowest BCUT2D eigenvalue weighted by Crippen LogP contribution is -2.57. The Hall–Kier alpha value is -4.02. The maximum atomic E-state index is 13.9. The van der Waals surface area contributed by atoms with Crippen LogP contribution < -0.4 is 5.01 Å². The van der Waals surface area contributed by atoms with Gasteiger partial charge in [-0.1, -0.05) is 109 Å². The molecular weight excluding hydrogens is 420 g/mol. The van der Waals surface area contributed by atoms with Gasteiger partial charge in [-0.3, -0.25) is 9.80 Å². The Morgan fingerprint density at radius 1 is 0.706 bits per heavy atom. The molecule has 166 valence electrons. The summed E-state index contributed by atoms with van der Waals surface area (Å²) >= 11 is 0. The van der Waals surface area contributed by atoms with Crippen LogP contribution in [0.25, 0.3) is 0 Å². The number of para-hydroxylation sites is 1. The quantitative estimate of drug-likeness (QED) is 0.466. The molecule has 0 bridgehead atoms. The van der Waals surface area contributed by atoms with E-state index in [0.717, 1.165) is 16.8 Å². The van der Waals surface area contributed by atoms with Crippen molar-refractivity contribution in [1.29, 1.82) is 0 Å². The molecule has 6 rings (SSSR count). The Morgan fingerprint density at radius 3 is 1.79 bits per heavy atom. The highest BCUT2D eigenvalue weighted by atomic mass is 16.3. The topological polar surface area (TPSA) is 52.9 Å². The number of benzene rings is 4. The summed E-state index contributed by atoms with van der Waals surface area (Å²) in [6.07, 6.45) is 0.00572. The molecule has 1 N–H and O–H groups in total. The number of hydrogen-bond donors (Lipinski definition) is 1. The van der Waals surface area contributed by atoms with Crippen LogP contribution in [0.2, 0.25) is 0 Å². The summed E-state index contributed by atoms with van der Waals surface area (Å²) in [5.41, 5.74) is 1.33. The molecule has 1 aliphatic heterocycles. The highest BCUT2D eigenvalue weighted by Crippen LogP contribution is 2.62. The third kappa shape index (κ3) is 2.76. The molecule has 4 aromatic carbocycles. The van der Waals surface area contributed by atoms with Crippen LogP contribution >= 0.6 is 0 Å². The molecule has 1 heterocycles. The van der Waals surface area contributed by atoms with E-state index < -0.39 is 17.1 Å². The van der Waals surface area contributed by atoms with Gasteiger partial charge in [0.25, 0.3) is 0 Å². The van der Waals surface area contributed by atoms with Gasteiger partial charge in [0.05, 0.1) is 17.3 Å². The Labute approximate surface area is 198 Å². The van der Waals surface area contributed by atoms with Crippen molar-refractivity contribution >= 4 is 17.2 Å². The highest BCUT2D eigenvalue weighted by molar-refractivity contribution is 6.19. The molecule has 4 aromatic rings. The van der Waals surface area contributed by atoms with E-state index in [4.69, 9.17) is 5.10 Å². The van der Waals surface area contributed by atoms with Crippen molar-refractivity contribution in [2.45, 2.75) is 17.6 Å². The van der Waals surface area contributed by atoms with Crippen LogP contribution in [-0.4, -0.2) is 16.6 Å². The van der Waals surface area contributed by atoms with Crippen molar-refractivity contribution < 1.29 is 9.90 Å². The van der Waals surface area contributed by atoms with Gasteiger partial charge >= 0.3 is 0 Å². The van der Waals surface area contributed by atoms with E-state index >= 15 is 0 Å². The van der Waals surface area contributed by atoms with Gasteiger partial charge in [-0.05, 0) is 28.8 Å². The minimum absolute atomic E-state index is 0.00572. The smallest absolute Gasteiger partial charge is 0.148 e. The van der Waals surface area contributed by atoms with Crippen molar-refractivity contribution in [2.75, 3.05) is 5.01 Å². The maximum absolute atomic E-state index is 13.9. The average molecular weight is 445 g/mol. The lowest BCUT2D eigenvalue weighted by molar-refractivity contribution is -0.120. The molecule has 0 radical (unpaired) electrons. The minimum Gasteiger partial charge on any atom is -0.382 e. The van der Waals surface area contributed by atoms with Crippen LogP contribution in [-0.2, 0) is 15.9 Å². The largest absolute Gasteiger partial charge is 0.382 e. The fourth-order valence-electron chi connectivity index (χ4n) is 5.77. The molecule has 3 atom stereocenters. The van der Waals surface area contributed by atoms with Crippen molar-refractivity contribution in [3.05, 3.63) is 138 Å². The summed E-state index contributed by atoms with van der Waals surface area (Å²) in [5.74, 6) is -0.654. The average Bonchev–Trinajstić information content (AvgIpc) is 3.39. The fourth-order valence-corrected chi connectivity index (χ4v) is 5.77. The van der Waals surface area contributed by atoms with E-state index in [1.54, 1.807) is 0 Å². The summed E-state index contributed by atoms with van der Waals surface area (Å²) < 4.78 is 0. The van der Waals surface area contributed by atoms with Crippen molar-refractivity contribution in [3.8, 4) is 0 Å². The van der Waals surface area contributed by atoms with Crippen LogP contribution in [0.1, 0.15) is 23.1 Å². The number of hydrogen-bond acceptors (Lipinski definition) is 4. The lowest BCUT2D eigenvalue weighted by atomic mass is 9.67. The molecule has 34 heavy (non-hydrogen) atoms. The zero-order valence-corrected chi connectivity index (χ0v) is 18.6. The van der Waals surface area contributed by atoms with E-state index in [1.807, 2.05) is 126 Å². The number of nitrogens with zero attached hydrogens (tertiary/aromatic N) is 2. The molecule has 4 nitrogen and oxygen atoms in total. The first-order valence-electron chi connectivity index (χ1n) is 11.5. The SMILES string of the molecule is O=C1CC(O)(c2ccccc2)C2(c3ccccc3)C1C(c1ccccc1)=NN2c1ccccc1. The van der Waals surface area contributed by atoms with Gasteiger partial charge in [-0.15, -0.1) is 0 Å². The lowest BCUT2D eigenvalue weighted by Gasteiger charge is -2.47. The van der Waals surface area contributed by atoms with Crippen LogP contribution in [0.15, 0.2) is 126 Å². The van der Waals surface area contributed by atoms with Crippen molar-refractivity contribution in [2.24, 2.45) is 11.0 Å². The third-order valence-electron chi connectivity index (χ3n) is 7.15. The summed E-state index contributed by atoms with van der Waals surface area (Å²) in [6, 6.07) is 39.1. The zero-order valence-electron chi connectivity index (χ0n) is 18.6. The third-order valence-corrected chi connectivity index (χ3v) is 7.15. The predicted molar refractivity (Wildman–Crippen MR) is 133 cm³/mol. The van der Waals surface area contributed by atoms with Gasteiger partial charge in [0.1, 0.15) is 16.9 Å². The summed E-state index contributed by atoms with van der Waals surface area (Å²) in [4.78, 5) is 13.9. The van der Waals surface area contributed by atoms with Gasteiger partial charge in [0, 0.05) is 6.42 Å². The fraction of sp³-hybridized carbons (Fsp3) is 0.133. The number of hydrazone groups is 1. The number of Topliss-reactive ketones (excluding diaryl/α,β-unsaturated/α-hetero) is 1. The Kier molecular flexibility index (Phi) is 4.71. The molecule has 1 saturated carbocycles. The highest BCUT2D eigenvalue weighted by Gasteiger charge is 2.72. The number of anilines is 1. The number of carbonyl (C=O) groups is 1. The molecule has 0 amide bonds. The van der Waals surface area contributed by atoms with E-state index in [1.165, 1.54) is 0 Å². The standard InChI is InChI=1S/C30H24N2O2/c33-26-21-29(34,23-15-7-2-8-16-23)30(24-17-9-3-10-18-24)27(26)28(22-13-5-1-6-14-22)31-32(30)25-19-11-4-12-20-25/h1-20,27,34H,21H2. The number of rotatable bonds is 4. The minimum atomic E-state index is -1.49. The molecule has 0 aromatic heterocycles. The van der Waals surface area contributed by atoms with Crippen LogP contribution in [0.4, 0.5) is 5.69 Å². The van der Waals surface area contributed by atoms with E-state index in [0.29, 0.717) is 11.3 Å². The van der Waals surface area contributed by atoms with Crippen LogP contribution in [0.5, 0.6) is 0 Å². The molecule has 0 saturated heterocycles. The Bertz CT molecular complexity index is 1360. The van der Waals surface area contributed by atoms with Gasteiger partial charge < -0.3 is 5.11 Å². The Morgan fingerprint density at radius 2 is 1.21 bits per heavy atom.